The van der Waals surface area contributed by atoms with Gasteiger partial charge >= 0.3 is 21.1 Å². The molecule has 1 aliphatic rings. The molecule has 1 aliphatic heterocycles. The molecule has 0 bridgehead atoms. The molecule has 1 fully saturated rings. The summed E-state index contributed by atoms with van der Waals surface area (Å²) in [6.07, 6.45) is 2.60. The molecule has 516 valence electrons. The van der Waals surface area contributed by atoms with E-state index in [2.05, 4.69) is 28.2 Å². The topological polar surface area (TPSA) is 288 Å². The predicted octanol–water partition coefficient (Wildman–Crippen LogP) is 3.69. The Kier molecular flexibility index (Phi) is 37.0. The Balaban J connectivity index is 0. The standard InChI is InChI=1S/C64H114N11O13.CH3.W/c1-27-29-30-40(13)52(76)51-56(80)67-44(28-2)59(83)69(19)43(16)58(82)73(23)48(34-64(17,18)88-26)55(79)68-49(38(9)10)62(86)70(20)45(31-35(3)4)54(78)65-41(14)53(77)66-42(15)57(81)71(21)46(32-36(5)6)60(84)72(22)47(33-37(7)8)61(85)74(24)50(39(11)12)63(87)75(51)25;;/h27,29,35-52,76H,16,28,30-34H2,1-15,17-26H3,(H,65,78)(H,66,77)(H,67,80)(H,68,79);1H3;/q2*-1;+2/b29-27+;;/t40-,41+,42-,43-,44+,45+,46+,47+,48+,49+,50+,51+,52-;;/m1../s1. The van der Waals surface area contributed by atoms with Crippen molar-refractivity contribution in [2.45, 2.75) is 234 Å². The number of likely N-dealkylation sites (N-methyl/N-ethyl adjacent to an activating group) is 7. The van der Waals surface area contributed by atoms with E-state index in [9.17, 15) is 48.3 Å². The van der Waals surface area contributed by atoms with Crippen molar-refractivity contribution in [3.8, 4) is 0 Å². The first-order valence-corrected chi connectivity index (χ1v) is 31.3. The molecule has 5 N–H and O–H groups in total. The molecule has 0 unspecified atom stereocenters. The maximum absolute atomic E-state index is 15.2. The van der Waals surface area contributed by atoms with Gasteiger partial charge in [0.05, 0.1) is 11.7 Å². The molecule has 0 saturated carbocycles. The molecular weight excluding hydrogens is 1330 g/mol. The number of nitrogens with zero attached hydrogens (tertiary/aromatic N) is 7. The number of ether oxygens (including phenoxy) is 1. The zero-order valence-electron chi connectivity index (χ0n) is 59.4. The minimum Gasteiger partial charge on any atom is -0.390 e. The van der Waals surface area contributed by atoms with Crippen LogP contribution in [0.2, 0.25) is 0 Å². The SMILES string of the molecule is [CH2-][C@@H]1C(=O)N(C)[C@@H](CC(C)(C)OC)C(=O)N[C@@H](C(C)C)C(=O)N(C)[C@@H](CC(C)C)C(=O)N[C@@H](C)C(=O)N[C@H](C)C(=O)N(C)[C@@H](CC(C)C)C(=O)N(C)[C@@H](CC(C)C)C(=O)N(C)[C@@H](C(C)C)C(=O)N(C)[C@@H]([C@H](O)[C@H](C)C/C=C/C)C(=O)N[C@@H](CC)C(=O)N1C.[CH3-].[W+2]. The summed E-state index contributed by atoms with van der Waals surface area (Å²) in [4.78, 5) is 170. The molecule has 25 heteroatoms. The second-order valence-corrected chi connectivity index (χ2v) is 26.8. The molecule has 0 aromatic heterocycles. The zero-order valence-corrected chi connectivity index (χ0v) is 62.3. The number of amides is 11. The minimum absolute atomic E-state index is 0. The molecule has 0 aliphatic carbocycles. The Hall–Kier alpha value is -5.48. The maximum atomic E-state index is 15.2. The van der Waals surface area contributed by atoms with Crippen molar-refractivity contribution in [1.29, 1.82) is 0 Å². The maximum Gasteiger partial charge on any atom is 2.00 e. The number of allylic oxidation sites excluding steroid dienone is 2. The second kappa shape index (κ2) is 38.5. The van der Waals surface area contributed by atoms with Crippen LogP contribution in [0.4, 0.5) is 0 Å². The van der Waals surface area contributed by atoms with Gasteiger partial charge in [-0.3, -0.25) is 52.7 Å². The van der Waals surface area contributed by atoms with Gasteiger partial charge in [-0.05, 0) is 108 Å². The van der Waals surface area contributed by atoms with E-state index in [1.807, 2.05) is 41.5 Å². The first-order chi connectivity index (χ1) is 40.5. The van der Waals surface area contributed by atoms with E-state index < -0.39 is 161 Å². The van der Waals surface area contributed by atoms with E-state index in [1.165, 1.54) is 89.9 Å². The number of methoxy groups -OCH3 is 1. The van der Waals surface area contributed by atoms with Gasteiger partial charge in [0.25, 0.3) is 0 Å². The first kappa shape index (κ1) is 86.6. The molecule has 0 spiro atoms. The van der Waals surface area contributed by atoms with Crippen LogP contribution in [-0.2, 0) is 78.5 Å². The van der Waals surface area contributed by atoms with E-state index in [-0.39, 0.29) is 78.3 Å². The van der Waals surface area contributed by atoms with Gasteiger partial charge in [0.2, 0.25) is 65.0 Å². The normalized spacial score (nSPS) is 26.8. The molecule has 0 radical (unpaired) electrons. The van der Waals surface area contributed by atoms with Crippen LogP contribution in [0.15, 0.2) is 12.2 Å². The Morgan fingerprint density at radius 3 is 1.39 bits per heavy atom. The number of carbonyl (C=O) groups is 11. The molecule has 1 rings (SSSR count). The summed E-state index contributed by atoms with van der Waals surface area (Å²) in [5.74, 6) is -10.3. The third-order valence-electron chi connectivity index (χ3n) is 16.9. The van der Waals surface area contributed by atoms with E-state index >= 15 is 9.59 Å². The summed E-state index contributed by atoms with van der Waals surface area (Å²) in [7, 11) is 11.2. The Labute approximate surface area is 554 Å². The Bertz CT molecular complexity index is 2440. The average Bonchev–Trinajstić information content (AvgIpc) is 1.94. The van der Waals surface area contributed by atoms with Crippen molar-refractivity contribution in [3.63, 3.8) is 0 Å². The molecule has 0 aromatic carbocycles. The van der Waals surface area contributed by atoms with Crippen LogP contribution in [-0.4, -0.2) is 239 Å². The van der Waals surface area contributed by atoms with Gasteiger partial charge in [-0.1, -0.05) is 95.2 Å². The fourth-order valence-electron chi connectivity index (χ4n) is 10.9. The molecular formula is C65H117N11O13W. The summed E-state index contributed by atoms with van der Waals surface area (Å²) in [6, 6.07) is -14.4. The monoisotopic (exact) mass is 1440 g/mol. The van der Waals surface area contributed by atoms with Crippen LogP contribution in [0, 0.1) is 49.9 Å². The minimum atomic E-state index is -1.65. The van der Waals surface area contributed by atoms with Gasteiger partial charge in [0, 0.05) is 62.9 Å². The fraction of sp³-hybridized carbons (Fsp3) is 0.769. The quantitative estimate of drug-likeness (QED) is 0.109. The molecule has 90 heavy (non-hydrogen) atoms. The van der Waals surface area contributed by atoms with Gasteiger partial charge in [-0.25, -0.2) is 0 Å². The molecule has 1 saturated heterocycles. The van der Waals surface area contributed by atoms with E-state index in [4.69, 9.17) is 4.74 Å². The van der Waals surface area contributed by atoms with Crippen molar-refractivity contribution in [2.24, 2.45) is 35.5 Å². The molecule has 24 nitrogen and oxygen atoms in total. The number of nitrogens with one attached hydrogen (secondary N) is 4. The van der Waals surface area contributed by atoms with Gasteiger partial charge in [-0.2, -0.15) is 0 Å². The smallest absolute Gasteiger partial charge is 0.390 e. The van der Waals surface area contributed by atoms with Crippen molar-refractivity contribution < 1.29 is 83.6 Å². The summed E-state index contributed by atoms with van der Waals surface area (Å²) < 4.78 is 5.72. The molecule has 1 heterocycles. The second-order valence-electron chi connectivity index (χ2n) is 26.8. The number of aliphatic hydroxyl groups excluding tert-OH is 1. The van der Waals surface area contributed by atoms with Crippen molar-refractivity contribution in [1.82, 2.24) is 55.6 Å². The Morgan fingerprint density at radius 2 is 0.944 bits per heavy atom. The van der Waals surface area contributed by atoms with Crippen LogP contribution in [0.1, 0.15) is 156 Å². The van der Waals surface area contributed by atoms with Crippen molar-refractivity contribution in [3.05, 3.63) is 26.5 Å². The molecule has 11 amide bonds. The van der Waals surface area contributed by atoms with Gasteiger partial charge in [0.1, 0.15) is 60.4 Å². The van der Waals surface area contributed by atoms with Crippen LogP contribution in [0.5, 0.6) is 0 Å². The van der Waals surface area contributed by atoms with Crippen LogP contribution in [0.3, 0.4) is 0 Å². The zero-order chi connectivity index (χ0) is 68.5. The third kappa shape index (κ3) is 23.6. The third-order valence-corrected chi connectivity index (χ3v) is 16.9. The molecule has 13 atom stereocenters. The van der Waals surface area contributed by atoms with E-state index in [0.717, 1.165) is 14.7 Å². The summed E-state index contributed by atoms with van der Waals surface area (Å²) in [5, 5.41) is 23.1. The van der Waals surface area contributed by atoms with Crippen LogP contribution < -0.4 is 21.3 Å². The van der Waals surface area contributed by atoms with Crippen molar-refractivity contribution >= 4 is 65.0 Å². The first-order valence-electron chi connectivity index (χ1n) is 31.3. The largest absolute Gasteiger partial charge is 2.00 e. The summed E-state index contributed by atoms with van der Waals surface area (Å²) >= 11 is 0. The van der Waals surface area contributed by atoms with Gasteiger partial charge in [-0.15, -0.1) is 0 Å². The Morgan fingerprint density at radius 1 is 0.522 bits per heavy atom. The van der Waals surface area contributed by atoms with Gasteiger partial charge in [0.15, 0.2) is 0 Å². The van der Waals surface area contributed by atoms with E-state index in [1.54, 1.807) is 74.5 Å². The van der Waals surface area contributed by atoms with Crippen LogP contribution >= 0.6 is 0 Å². The number of aliphatic hydroxyl groups is 1. The fourth-order valence-corrected chi connectivity index (χ4v) is 10.9. The number of rotatable bonds is 16. The van der Waals surface area contributed by atoms with Gasteiger partial charge < -0.3 is 79.8 Å². The van der Waals surface area contributed by atoms with Crippen LogP contribution in [0.25, 0.3) is 0 Å². The van der Waals surface area contributed by atoms with Crippen molar-refractivity contribution in [2.75, 3.05) is 56.4 Å². The number of hydrogen-bond acceptors (Lipinski definition) is 13. The number of carbonyl (C=O) groups excluding carboxylic acids is 11. The average molecular weight is 1440 g/mol. The van der Waals surface area contributed by atoms with E-state index in [0.29, 0.717) is 6.42 Å². The number of hydrogen-bond donors (Lipinski definition) is 5. The summed E-state index contributed by atoms with van der Waals surface area (Å²) in [6.45, 7) is 33.4. The predicted molar refractivity (Wildman–Crippen MR) is 345 cm³/mol. The summed E-state index contributed by atoms with van der Waals surface area (Å²) in [5.41, 5.74) is -1.04. The molecule has 0 aromatic rings.